The zero-order chi connectivity index (χ0) is 20.9. The van der Waals surface area contributed by atoms with Crippen molar-refractivity contribution < 1.29 is 26.7 Å². The summed E-state index contributed by atoms with van der Waals surface area (Å²) in [6.45, 7) is 3.25. The van der Waals surface area contributed by atoms with Gasteiger partial charge in [-0.1, -0.05) is 18.7 Å². The fourth-order valence-electron chi connectivity index (χ4n) is 3.23. The van der Waals surface area contributed by atoms with Gasteiger partial charge in [-0.15, -0.1) is 0 Å². The Kier molecular flexibility index (Phi) is 4.36. The maximum absolute atomic E-state index is 13.8. The number of carbonyl (C=O) groups excluding carboxylic acids is 1. The zero-order valence-electron chi connectivity index (χ0n) is 14.7. The van der Waals surface area contributed by atoms with E-state index in [0.717, 1.165) is 18.3 Å². The first-order chi connectivity index (χ1) is 13.6. The van der Waals surface area contributed by atoms with Crippen LogP contribution in [0.25, 0.3) is 22.3 Å². The lowest BCUT2D eigenvalue weighted by Gasteiger charge is -2.38. The second-order valence-corrected chi connectivity index (χ2v) is 6.66. The van der Waals surface area contributed by atoms with E-state index >= 15 is 0 Å². The third-order valence-corrected chi connectivity index (χ3v) is 4.73. The average molecular weight is 408 g/mol. The van der Waals surface area contributed by atoms with E-state index in [1.165, 1.54) is 27.8 Å². The van der Waals surface area contributed by atoms with Gasteiger partial charge in [0.05, 0.1) is 23.3 Å². The minimum Gasteiger partial charge on any atom is -0.332 e. The van der Waals surface area contributed by atoms with E-state index in [9.17, 15) is 26.7 Å². The predicted octanol–water partition coefficient (Wildman–Crippen LogP) is 4.12. The van der Waals surface area contributed by atoms with Crippen LogP contribution in [0.4, 0.5) is 22.0 Å². The second-order valence-electron chi connectivity index (χ2n) is 6.66. The predicted molar refractivity (Wildman–Crippen MR) is 93.8 cm³/mol. The van der Waals surface area contributed by atoms with Gasteiger partial charge in [-0.3, -0.25) is 9.48 Å². The summed E-state index contributed by atoms with van der Waals surface area (Å²) < 4.78 is 66.6. The number of hydrogen-bond acceptors (Lipinski definition) is 3. The molecule has 5 nitrogen and oxygen atoms in total. The summed E-state index contributed by atoms with van der Waals surface area (Å²) in [5.41, 5.74) is 0.504. The molecule has 1 aromatic carbocycles. The van der Waals surface area contributed by atoms with Gasteiger partial charge in [-0.25, -0.2) is 13.8 Å². The number of fused-ring (bicyclic) bond motifs is 1. The van der Waals surface area contributed by atoms with Crippen LogP contribution in [-0.4, -0.2) is 38.7 Å². The van der Waals surface area contributed by atoms with Crippen molar-refractivity contribution in [1.82, 2.24) is 19.7 Å². The van der Waals surface area contributed by atoms with Crippen molar-refractivity contribution in [2.45, 2.75) is 12.2 Å². The van der Waals surface area contributed by atoms with Crippen LogP contribution >= 0.6 is 0 Å². The topological polar surface area (TPSA) is 51.0 Å². The molecule has 10 heteroatoms. The summed E-state index contributed by atoms with van der Waals surface area (Å²) in [4.78, 5) is 16.9. The molecule has 1 aliphatic heterocycles. The lowest BCUT2D eigenvalue weighted by molar-refractivity contribution is -0.137. The first-order valence-corrected chi connectivity index (χ1v) is 8.50. The first-order valence-electron chi connectivity index (χ1n) is 8.50. The third-order valence-electron chi connectivity index (χ3n) is 4.73. The minimum absolute atomic E-state index is 0.140. The van der Waals surface area contributed by atoms with Crippen LogP contribution in [-0.2, 0) is 11.0 Å². The SMILES string of the molecule is C=C(F)C(=O)N1CC(n2nc(-c3ccc(C(F)(F)F)cc3)c3ncc(F)cc32)C1. The van der Waals surface area contributed by atoms with Crippen molar-refractivity contribution in [3.8, 4) is 11.3 Å². The van der Waals surface area contributed by atoms with Gasteiger partial charge in [0.2, 0.25) is 0 Å². The smallest absolute Gasteiger partial charge is 0.332 e. The zero-order valence-corrected chi connectivity index (χ0v) is 14.7. The molecular weight excluding hydrogens is 395 g/mol. The van der Waals surface area contributed by atoms with E-state index in [1.54, 1.807) is 0 Å². The highest BCUT2D eigenvalue weighted by Gasteiger charge is 2.35. The van der Waals surface area contributed by atoms with Crippen LogP contribution in [0.3, 0.4) is 0 Å². The third kappa shape index (κ3) is 3.34. The number of aromatic nitrogens is 3. The Morgan fingerprint density at radius 2 is 1.83 bits per heavy atom. The van der Waals surface area contributed by atoms with Crippen LogP contribution < -0.4 is 0 Å². The molecule has 29 heavy (non-hydrogen) atoms. The van der Waals surface area contributed by atoms with Crippen LogP contribution in [0.15, 0.2) is 48.9 Å². The van der Waals surface area contributed by atoms with Gasteiger partial charge >= 0.3 is 6.18 Å². The van der Waals surface area contributed by atoms with E-state index in [-0.39, 0.29) is 24.8 Å². The van der Waals surface area contributed by atoms with Gasteiger partial charge in [0.25, 0.3) is 5.91 Å². The van der Waals surface area contributed by atoms with Gasteiger partial charge in [0, 0.05) is 24.7 Å². The van der Waals surface area contributed by atoms with Crippen LogP contribution in [0.2, 0.25) is 0 Å². The van der Waals surface area contributed by atoms with E-state index in [2.05, 4.69) is 16.7 Å². The van der Waals surface area contributed by atoms with Crippen molar-refractivity contribution in [2.75, 3.05) is 13.1 Å². The molecule has 1 amide bonds. The molecule has 0 spiro atoms. The van der Waals surface area contributed by atoms with Crippen LogP contribution in [0.1, 0.15) is 11.6 Å². The number of pyridine rings is 1. The number of amides is 1. The molecular formula is C19H13F5N4O. The number of benzene rings is 1. The molecule has 1 aliphatic rings. The molecule has 0 N–H and O–H groups in total. The summed E-state index contributed by atoms with van der Waals surface area (Å²) in [6.07, 6.45) is -3.48. The highest BCUT2D eigenvalue weighted by atomic mass is 19.4. The number of halogens is 5. The molecule has 0 bridgehead atoms. The highest BCUT2D eigenvalue weighted by molar-refractivity contribution is 5.92. The van der Waals surface area contributed by atoms with Crippen molar-refractivity contribution in [1.29, 1.82) is 0 Å². The Labute approximate surface area is 161 Å². The number of alkyl halides is 3. The summed E-state index contributed by atoms with van der Waals surface area (Å²) in [5, 5.41) is 4.41. The second kappa shape index (κ2) is 6.64. The lowest BCUT2D eigenvalue weighted by Crippen LogP contribution is -2.51. The van der Waals surface area contributed by atoms with Crippen LogP contribution in [0.5, 0.6) is 0 Å². The maximum Gasteiger partial charge on any atom is 0.416 e. The molecule has 0 radical (unpaired) electrons. The molecule has 2 aromatic heterocycles. The maximum atomic E-state index is 13.8. The summed E-state index contributed by atoms with van der Waals surface area (Å²) >= 11 is 0. The lowest BCUT2D eigenvalue weighted by atomic mass is 10.1. The van der Waals surface area contributed by atoms with Gasteiger partial charge < -0.3 is 4.90 Å². The minimum atomic E-state index is -4.47. The normalized spacial score (nSPS) is 14.9. The standard InChI is InChI=1S/C19H13F5N4O/c1-10(20)18(29)27-8-14(9-27)28-15-6-13(21)7-25-17(15)16(26-28)11-2-4-12(5-3-11)19(22,23)24/h2-7,14H,1,8-9H2. The first kappa shape index (κ1) is 19.0. The van der Waals surface area contributed by atoms with Crippen molar-refractivity contribution >= 4 is 16.9 Å². The molecule has 0 unspecified atom stereocenters. The van der Waals surface area contributed by atoms with E-state index < -0.39 is 29.3 Å². The van der Waals surface area contributed by atoms with Gasteiger partial charge in [0.1, 0.15) is 17.0 Å². The van der Waals surface area contributed by atoms with E-state index in [0.29, 0.717) is 16.6 Å². The van der Waals surface area contributed by atoms with E-state index in [1.807, 2.05) is 0 Å². The Morgan fingerprint density at radius 3 is 2.41 bits per heavy atom. The largest absolute Gasteiger partial charge is 0.416 e. The molecule has 4 rings (SSSR count). The fourth-order valence-corrected chi connectivity index (χ4v) is 3.23. The van der Waals surface area contributed by atoms with Gasteiger partial charge in [0.15, 0.2) is 5.83 Å². The Balaban J connectivity index is 1.72. The Morgan fingerprint density at radius 1 is 1.17 bits per heavy atom. The molecule has 3 heterocycles. The van der Waals surface area contributed by atoms with E-state index in [4.69, 9.17) is 0 Å². The quantitative estimate of drug-likeness (QED) is 0.484. The summed E-state index contributed by atoms with van der Waals surface area (Å²) in [7, 11) is 0. The number of rotatable bonds is 3. The Bertz CT molecular complexity index is 1110. The Hall–Kier alpha value is -3.30. The fraction of sp³-hybridized carbons (Fsp3) is 0.211. The number of hydrogen-bond donors (Lipinski definition) is 0. The van der Waals surface area contributed by atoms with Crippen molar-refractivity contribution in [3.05, 3.63) is 60.3 Å². The molecule has 0 saturated carbocycles. The molecule has 1 saturated heterocycles. The summed E-state index contributed by atoms with van der Waals surface area (Å²) in [6, 6.07) is 5.25. The highest BCUT2D eigenvalue weighted by Crippen LogP contribution is 2.34. The monoisotopic (exact) mass is 408 g/mol. The number of nitrogens with zero attached hydrogens (tertiary/aromatic N) is 4. The average Bonchev–Trinajstić information content (AvgIpc) is 2.98. The molecule has 0 atom stereocenters. The van der Waals surface area contributed by atoms with Crippen LogP contribution in [0, 0.1) is 5.82 Å². The molecule has 150 valence electrons. The van der Waals surface area contributed by atoms with Gasteiger partial charge in [-0.2, -0.15) is 18.3 Å². The van der Waals surface area contributed by atoms with Crippen molar-refractivity contribution in [3.63, 3.8) is 0 Å². The van der Waals surface area contributed by atoms with Crippen molar-refractivity contribution in [2.24, 2.45) is 0 Å². The van der Waals surface area contributed by atoms with Gasteiger partial charge in [-0.05, 0) is 12.1 Å². The molecule has 0 aliphatic carbocycles. The number of carbonyl (C=O) groups is 1. The molecule has 3 aromatic rings. The molecule has 1 fully saturated rings. The number of likely N-dealkylation sites (tertiary alicyclic amines) is 1. The summed E-state index contributed by atoms with van der Waals surface area (Å²) in [5.74, 6) is -2.51.